The van der Waals surface area contributed by atoms with E-state index in [-0.39, 0.29) is 52.2 Å². The number of amides is 4. The molecule has 3 aromatic rings. The molecule has 47 heavy (non-hydrogen) atoms. The number of esters is 1. The summed E-state index contributed by atoms with van der Waals surface area (Å²) in [6.45, 7) is 0. The lowest BCUT2D eigenvalue weighted by Crippen LogP contribution is -2.34. The van der Waals surface area contributed by atoms with Crippen molar-refractivity contribution >= 4 is 46.9 Å². The summed E-state index contributed by atoms with van der Waals surface area (Å²) >= 11 is 0. The molecule has 3 aliphatic rings. The maximum atomic E-state index is 13.2. The zero-order chi connectivity index (χ0) is 34.1. The molecular weight excluding hydrogens is 648 g/mol. The minimum atomic E-state index is -5.27. The summed E-state index contributed by atoms with van der Waals surface area (Å²) < 4.78 is 89.2. The average molecular weight is 663 g/mol. The van der Waals surface area contributed by atoms with Crippen LogP contribution in [0.4, 0.5) is 37.7 Å². The van der Waals surface area contributed by atoms with Gasteiger partial charge in [0.15, 0.2) is 5.60 Å². The molecule has 2 N–H and O–H groups in total. The topological polar surface area (TPSA) is 157 Å². The third-order valence-corrected chi connectivity index (χ3v) is 7.25. The van der Waals surface area contributed by atoms with Crippen molar-refractivity contribution in [1.29, 1.82) is 0 Å². The van der Waals surface area contributed by atoms with E-state index in [1.54, 1.807) is 10.6 Å². The Labute approximate surface area is 257 Å². The fourth-order valence-electron chi connectivity index (χ4n) is 5.20. The largest absolute Gasteiger partial charge is 0.471 e. The summed E-state index contributed by atoms with van der Waals surface area (Å²) in [4.78, 5) is 78.3. The van der Waals surface area contributed by atoms with Crippen LogP contribution in [0.15, 0.2) is 54.6 Å². The van der Waals surface area contributed by atoms with Crippen molar-refractivity contribution < 1.29 is 69.4 Å². The van der Waals surface area contributed by atoms with Crippen molar-refractivity contribution in [3.63, 3.8) is 0 Å². The van der Waals surface area contributed by atoms with Gasteiger partial charge in [0.25, 0.3) is 11.8 Å². The number of nitrogens with one attached hydrogen (secondary N) is 2. The van der Waals surface area contributed by atoms with Crippen molar-refractivity contribution in [1.82, 2.24) is 5.06 Å². The van der Waals surface area contributed by atoms with E-state index in [1.807, 2.05) is 0 Å². The minimum Gasteiger partial charge on any atom is -0.456 e. The maximum absolute atomic E-state index is 13.2. The quantitative estimate of drug-likeness (QED) is 0.233. The number of carbonyl (C=O) groups excluding carboxylic acids is 6. The number of imide groups is 1. The van der Waals surface area contributed by atoms with Crippen LogP contribution in [0.25, 0.3) is 0 Å². The molecule has 18 heteroatoms. The molecule has 0 atom stereocenters. The fourth-order valence-corrected chi connectivity index (χ4v) is 5.20. The van der Waals surface area contributed by atoms with E-state index in [0.29, 0.717) is 5.06 Å². The predicted octanol–water partition coefficient (Wildman–Crippen LogP) is 4.48. The first-order valence-corrected chi connectivity index (χ1v) is 13.2. The third-order valence-electron chi connectivity index (χ3n) is 7.25. The van der Waals surface area contributed by atoms with Crippen molar-refractivity contribution in [2.75, 3.05) is 10.6 Å². The van der Waals surface area contributed by atoms with E-state index < -0.39 is 64.9 Å². The fraction of sp³-hybridized carbons (Fsp3) is 0.172. The molecular formula is C29H15F6N3O9. The molecule has 12 nitrogen and oxygen atoms in total. The van der Waals surface area contributed by atoms with Crippen LogP contribution in [0, 0.1) is 0 Å². The number of hydrogen-bond acceptors (Lipinski definition) is 9. The van der Waals surface area contributed by atoms with Gasteiger partial charge in [-0.3, -0.25) is 19.2 Å². The molecule has 1 fully saturated rings. The van der Waals surface area contributed by atoms with E-state index >= 15 is 0 Å². The van der Waals surface area contributed by atoms with Gasteiger partial charge in [0, 0.05) is 53.0 Å². The van der Waals surface area contributed by atoms with Gasteiger partial charge in [-0.15, -0.1) is 5.06 Å². The molecule has 0 unspecified atom stereocenters. The lowest BCUT2D eigenvalue weighted by molar-refractivity contribution is -0.172. The number of ether oxygens (including phenoxy) is 2. The maximum Gasteiger partial charge on any atom is 0.471 e. The highest BCUT2D eigenvalue weighted by atomic mass is 19.4. The predicted molar refractivity (Wildman–Crippen MR) is 141 cm³/mol. The minimum absolute atomic E-state index is 0.0513. The summed E-state index contributed by atoms with van der Waals surface area (Å²) in [5.74, 6) is -9.03. The second kappa shape index (κ2) is 10.6. The zero-order valence-electron chi connectivity index (χ0n) is 23.0. The number of anilines is 2. The normalized spacial score (nSPS) is 16.1. The number of halogens is 6. The number of hydrogen-bond donors (Lipinski definition) is 2. The Balaban J connectivity index is 1.49. The van der Waals surface area contributed by atoms with Crippen LogP contribution < -0.4 is 15.4 Å². The molecule has 0 bridgehead atoms. The lowest BCUT2D eigenvalue weighted by atomic mass is 9.77. The highest BCUT2D eigenvalue weighted by Crippen LogP contribution is 2.57. The van der Waals surface area contributed by atoms with Crippen LogP contribution in [0.2, 0.25) is 0 Å². The van der Waals surface area contributed by atoms with Gasteiger partial charge in [-0.1, -0.05) is 0 Å². The first-order chi connectivity index (χ1) is 22.0. The Hall–Kier alpha value is -5.94. The molecule has 3 heterocycles. The molecule has 0 aliphatic carbocycles. The Kier molecular flexibility index (Phi) is 6.98. The number of benzene rings is 3. The summed E-state index contributed by atoms with van der Waals surface area (Å²) in [5, 5.41) is 3.55. The first kappa shape index (κ1) is 31.1. The van der Waals surface area contributed by atoms with Gasteiger partial charge in [0.1, 0.15) is 11.5 Å². The van der Waals surface area contributed by atoms with Gasteiger partial charge in [0.05, 0.1) is 11.1 Å². The second-order valence-corrected chi connectivity index (χ2v) is 10.2. The smallest absolute Gasteiger partial charge is 0.456 e. The Bertz CT molecular complexity index is 1850. The van der Waals surface area contributed by atoms with E-state index in [2.05, 4.69) is 0 Å². The molecule has 0 saturated carbocycles. The Morgan fingerprint density at radius 2 is 1.23 bits per heavy atom. The Morgan fingerprint density at radius 1 is 0.723 bits per heavy atom. The Morgan fingerprint density at radius 3 is 1.72 bits per heavy atom. The van der Waals surface area contributed by atoms with Crippen LogP contribution in [0.1, 0.15) is 50.2 Å². The van der Waals surface area contributed by atoms with E-state index in [4.69, 9.17) is 14.3 Å². The molecule has 4 amide bonds. The van der Waals surface area contributed by atoms with Crippen LogP contribution in [-0.4, -0.2) is 53.0 Å². The molecule has 242 valence electrons. The van der Waals surface area contributed by atoms with Gasteiger partial charge in [-0.25, -0.2) is 9.59 Å². The number of alkyl halides is 6. The van der Waals surface area contributed by atoms with Crippen molar-refractivity contribution in [2.24, 2.45) is 0 Å². The van der Waals surface area contributed by atoms with Gasteiger partial charge < -0.3 is 24.9 Å². The van der Waals surface area contributed by atoms with E-state index in [0.717, 1.165) is 48.5 Å². The summed E-state index contributed by atoms with van der Waals surface area (Å²) in [5.41, 5.74) is -3.52. The number of rotatable bonds is 4. The van der Waals surface area contributed by atoms with Crippen LogP contribution in [0.3, 0.4) is 0 Å². The number of carbonyl (C=O) groups is 6. The molecule has 1 saturated heterocycles. The van der Waals surface area contributed by atoms with Crippen LogP contribution in [-0.2, 0) is 34.4 Å². The number of fused-ring (bicyclic) bond motifs is 6. The monoisotopic (exact) mass is 663 g/mol. The van der Waals surface area contributed by atoms with Crippen molar-refractivity contribution in [2.45, 2.75) is 30.8 Å². The third kappa shape index (κ3) is 5.26. The standard InChI is InChI=1S/C29H15F6N3O9/c30-28(31,32)25(43)36-13-2-5-16-19(10-13)45-20-11-14(37-26(44)29(33,34)35)3-6-17(20)27(16)18-9-12(1-4-15(18)24(42)46-27)23(41)47-38-21(39)7-8-22(38)40/h1-6,9-11H,7-8H2,(H,36,43)(H,37,44). The molecule has 0 aromatic heterocycles. The summed E-state index contributed by atoms with van der Waals surface area (Å²) in [7, 11) is 0. The highest BCUT2D eigenvalue weighted by Gasteiger charge is 2.54. The molecule has 3 aliphatic heterocycles. The van der Waals surface area contributed by atoms with Crippen molar-refractivity contribution in [3.05, 3.63) is 82.4 Å². The molecule has 3 aromatic carbocycles. The number of hydroxylamine groups is 2. The SMILES string of the molecule is O=C(ON1C(=O)CCC1=O)c1ccc2c(c1)C1(OC2=O)c2ccc(NC(=O)C(F)(F)F)cc2Oc2cc(NC(=O)C(F)(F)F)ccc21. The molecule has 0 radical (unpaired) electrons. The van der Waals surface area contributed by atoms with Gasteiger partial charge in [-0.05, 0) is 42.5 Å². The highest BCUT2D eigenvalue weighted by molar-refractivity contribution is 6.04. The first-order valence-electron chi connectivity index (χ1n) is 13.2. The molecule has 6 rings (SSSR count). The van der Waals surface area contributed by atoms with Crippen LogP contribution >= 0.6 is 0 Å². The van der Waals surface area contributed by atoms with Gasteiger partial charge in [0.2, 0.25) is 0 Å². The second-order valence-electron chi connectivity index (χ2n) is 10.2. The molecule has 1 spiro atoms. The summed E-state index contributed by atoms with van der Waals surface area (Å²) in [6.07, 6.45) is -10.9. The summed E-state index contributed by atoms with van der Waals surface area (Å²) in [6, 6.07) is 9.66. The van der Waals surface area contributed by atoms with Crippen LogP contribution in [0.5, 0.6) is 11.5 Å². The average Bonchev–Trinajstić information content (AvgIpc) is 3.46. The van der Waals surface area contributed by atoms with E-state index in [1.165, 1.54) is 6.07 Å². The van der Waals surface area contributed by atoms with Gasteiger partial charge in [-0.2, -0.15) is 26.3 Å². The zero-order valence-corrected chi connectivity index (χ0v) is 23.0. The van der Waals surface area contributed by atoms with Gasteiger partial charge >= 0.3 is 36.1 Å². The number of nitrogens with zero attached hydrogens (tertiary/aromatic N) is 1. The lowest BCUT2D eigenvalue weighted by Gasteiger charge is -2.37. The van der Waals surface area contributed by atoms with E-state index in [9.17, 15) is 55.1 Å². The van der Waals surface area contributed by atoms with Crippen molar-refractivity contribution in [3.8, 4) is 11.5 Å².